The van der Waals surface area contributed by atoms with Crippen molar-refractivity contribution in [3.05, 3.63) is 23.3 Å². The van der Waals surface area contributed by atoms with E-state index in [1.54, 1.807) is 6.07 Å². The first-order chi connectivity index (χ1) is 8.84. The molecule has 1 rings (SSSR count). The molecule has 1 aromatic rings. The summed E-state index contributed by atoms with van der Waals surface area (Å²) in [7, 11) is 2.27. The highest BCUT2D eigenvalue weighted by molar-refractivity contribution is 8.00. The summed E-state index contributed by atoms with van der Waals surface area (Å²) >= 11 is -0.445. The van der Waals surface area contributed by atoms with Crippen LogP contribution in [0.4, 0.5) is 13.2 Å². The fourth-order valence-electron chi connectivity index (χ4n) is 1.36. The molecule has 0 fully saturated rings. The molecule has 4 nitrogen and oxygen atoms in total. The first-order valence-electron chi connectivity index (χ1n) is 4.79. The number of nitriles is 1. The molecule has 0 spiro atoms. The van der Waals surface area contributed by atoms with E-state index < -0.39 is 23.2 Å². The molecule has 0 bridgehead atoms. The molecule has 0 aliphatic rings. The van der Waals surface area contributed by atoms with E-state index in [1.807, 2.05) is 0 Å². The number of hydrogen-bond donors (Lipinski definition) is 0. The van der Waals surface area contributed by atoms with Gasteiger partial charge in [-0.05, 0) is 23.9 Å². The van der Waals surface area contributed by atoms with Crippen LogP contribution < -0.4 is 4.74 Å². The number of alkyl halides is 3. The second-order valence-electron chi connectivity index (χ2n) is 3.17. The number of esters is 1. The SMILES string of the molecule is COC(=O)c1ccc(SC(F)(F)F)c(C#N)c1OC. The van der Waals surface area contributed by atoms with Gasteiger partial charge in [0.2, 0.25) is 0 Å². The molecule has 0 saturated heterocycles. The summed E-state index contributed by atoms with van der Waals surface area (Å²) < 4.78 is 46.3. The normalized spacial score (nSPS) is 10.7. The minimum absolute atomic E-state index is 0.104. The van der Waals surface area contributed by atoms with E-state index in [4.69, 9.17) is 10.00 Å². The van der Waals surface area contributed by atoms with Crippen LogP contribution in [-0.4, -0.2) is 25.7 Å². The number of halogens is 3. The van der Waals surface area contributed by atoms with Gasteiger partial charge >= 0.3 is 11.5 Å². The zero-order chi connectivity index (χ0) is 14.6. The molecule has 0 atom stereocenters. The lowest BCUT2D eigenvalue weighted by molar-refractivity contribution is -0.0328. The number of ether oxygens (including phenoxy) is 2. The maximum Gasteiger partial charge on any atom is 0.446 e. The van der Waals surface area contributed by atoms with Crippen LogP contribution >= 0.6 is 11.8 Å². The molecule has 0 aliphatic heterocycles. The number of methoxy groups -OCH3 is 2. The van der Waals surface area contributed by atoms with Crippen LogP contribution in [0.2, 0.25) is 0 Å². The van der Waals surface area contributed by atoms with E-state index in [1.165, 1.54) is 0 Å². The molecule has 0 amide bonds. The highest BCUT2D eigenvalue weighted by Gasteiger charge is 2.32. The minimum Gasteiger partial charge on any atom is -0.494 e. The Balaban J connectivity index is 3.40. The summed E-state index contributed by atoms with van der Waals surface area (Å²) in [6, 6.07) is 3.76. The molecular formula is C11H8F3NO3S. The Hall–Kier alpha value is -1.88. The Kier molecular flexibility index (Phi) is 4.67. The lowest BCUT2D eigenvalue weighted by Crippen LogP contribution is -2.07. The van der Waals surface area contributed by atoms with Crippen molar-refractivity contribution >= 4 is 17.7 Å². The Morgan fingerprint density at radius 1 is 1.37 bits per heavy atom. The number of thioether (sulfide) groups is 1. The van der Waals surface area contributed by atoms with Crippen LogP contribution in [0, 0.1) is 11.3 Å². The Labute approximate surface area is 111 Å². The fourth-order valence-corrected chi connectivity index (χ4v) is 1.99. The zero-order valence-electron chi connectivity index (χ0n) is 9.87. The van der Waals surface area contributed by atoms with Crippen LogP contribution in [0.25, 0.3) is 0 Å². The van der Waals surface area contributed by atoms with Crippen molar-refractivity contribution in [3.63, 3.8) is 0 Å². The molecule has 0 unspecified atom stereocenters. The van der Waals surface area contributed by atoms with Crippen LogP contribution in [0.3, 0.4) is 0 Å². The van der Waals surface area contributed by atoms with Gasteiger partial charge in [0, 0.05) is 4.90 Å². The monoisotopic (exact) mass is 291 g/mol. The molecule has 1 aromatic carbocycles. The molecule has 0 saturated carbocycles. The minimum atomic E-state index is -4.54. The van der Waals surface area contributed by atoms with E-state index in [-0.39, 0.29) is 21.8 Å². The lowest BCUT2D eigenvalue weighted by atomic mass is 10.1. The third-order valence-corrected chi connectivity index (χ3v) is 2.86. The Morgan fingerprint density at radius 3 is 2.42 bits per heavy atom. The summed E-state index contributed by atoms with van der Waals surface area (Å²) in [6.07, 6.45) is 0. The van der Waals surface area contributed by atoms with Gasteiger partial charge in [0.25, 0.3) is 0 Å². The van der Waals surface area contributed by atoms with Gasteiger partial charge in [0.1, 0.15) is 17.2 Å². The second-order valence-corrected chi connectivity index (χ2v) is 4.28. The number of hydrogen-bond acceptors (Lipinski definition) is 5. The van der Waals surface area contributed by atoms with Crippen LogP contribution in [0.1, 0.15) is 15.9 Å². The second kappa shape index (κ2) is 5.84. The van der Waals surface area contributed by atoms with E-state index in [2.05, 4.69) is 4.74 Å². The van der Waals surface area contributed by atoms with E-state index in [9.17, 15) is 18.0 Å². The Bertz CT molecular complexity index is 537. The first-order valence-corrected chi connectivity index (χ1v) is 5.60. The zero-order valence-corrected chi connectivity index (χ0v) is 10.7. The van der Waals surface area contributed by atoms with Crippen LogP contribution in [0.15, 0.2) is 17.0 Å². The van der Waals surface area contributed by atoms with Gasteiger partial charge in [0.05, 0.1) is 14.2 Å². The van der Waals surface area contributed by atoms with Gasteiger partial charge in [-0.1, -0.05) is 0 Å². The fraction of sp³-hybridized carbons (Fsp3) is 0.273. The molecule has 8 heteroatoms. The maximum atomic E-state index is 12.3. The lowest BCUT2D eigenvalue weighted by Gasteiger charge is -2.13. The van der Waals surface area contributed by atoms with Crippen molar-refractivity contribution in [2.24, 2.45) is 0 Å². The van der Waals surface area contributed by atoms with Crippen molar-refractivity contribution in [3.8, 4) is 11.8 Å². The van der Waals surface area contributed by atoms with E-state index >= 15 is 0 Å². The quantitative estimate of drug-likeness (QED) is 0.633. The highest BCUT2D eigenvalue weighted by Crippen LogP contribution is 2.41. The average molecular weight is 291 g/mol. The van der Waals surface area contributed by atoms with Gasteiger partial charge < -0.3 is 9.47 Å². The van der Waals surface area contributed by atoms with Gasteiger partial charge in [-0.3, -0.25) is 0 Å². The van der Waals surface area contributed by atoms with Crippen molar-refractivity contribution in [2.45, 2.75) is 10.4 Å². The number of nitrogens with zero attached hydrogens (tertiary/aromatic N) is 1. The van der Waals surface area contributed by atoms with Crippen molar-refractivity contribution < 1.29 is 27.4 Å². The molecule has 19 heavy (non-hydrogen) atoms. The number of carbonyl (C=O) groups is 1. The first kappa shape index (κ1) is 15.2. The smallest absolute Gasteiger partial charge is 0.446 e. The maximum absolute atomic E-state index is 12.3. The van der Waals surface area contributed by atoms with Crippen molar-refractivity contribution in [1.82, 2.24) is 0 Å². The van der Waals surface area contributed by atoms with Gasteiger partial charge in [0.15, 0.2) is 5.75 Å². The van der Waals surface area contributed by atoms with Crippen molar-refractivity contribution in [2.75, 3.05) is 14.2 Å². The van der Waals surface area contributed by atoms with Gasteiger partial charge in [-0.25, -0.2) is 4.79 Å². The summed E-state index contributed by atoms with van der Waals surface area (Å²) in [6.45, 7) is 0. The average Bonchev–Trinajstić information content (AvgIpc) is 2.35. The summed E-state index contributed by atoms with van der Waals surface area (Å²) in [5, 5.41) is 8.94. The van der Waals surface area contributed by atoms with E-state index in [0.29, 0.717) is 0 Å². The largest absolute Gasteiger partial charge is 0.494 e. The van der Waals surface area contributed by atoms with Gasteiger partial charge in [-0.2, -0.15) is 18.4 Å². The summed E-state index contributed by atoms with van der Waals surface area (Å²) in [5.74, 6) is -1.03. The van der Waals surface area contributed by atoms with Crippen LogP contribution in [-0.2, 0) is 4.74 Å². The molecule has 0 aromatic heterocycles. The van der Waals surface area contributed by atoms with Gasteiger partial charge in [-0.15, -0.1) is 0 Å². The van der Waals surface area contributed by atoms with Crippen molar-refractivity contribution in [1.29, 1.82) is 5.26 Å². The molecular weight excluding hydrogens is 283 g/mol. The molecule has 0 heterocycles. The van der Waals surface area contributed by atoms with Crippen LogP contribution in [0.5, 0.6) is 5.75 Å². The summed E-state index contributed by atoms with van der Waals surface area (Å²) in [5.41, 5.74) is -5.00. The number of benzene rings is 1. The molecule has 0 radical (unpaired) electrons. The molecule has 0 aliphatic carbocycles. The molecule has 0 N–H and O–H groups in total. The topological polar surface area (TPSA) is 59.3 Å². The third kappa shape index (κ3) is 3.54. The van der Waals surface area contributed by atoms with E-state index in [0.717, 1.165) is 26.4 Å². The molecule has 102 valence electrons. The Morgan fingerprint density at radius 2 is 2.00 bits per heavy atom. The number of rotatable bonds is 3. The summed E-state index contributed by atoms with van der Waals surface area (Å²) in [4.78, 5) is 11.1. The number of carbonyl (C=O) groups excluding carboxylic acids is 1. The highest BCUT2D eigenvalue weighted by atomic mass is 32.2. The third-order valence-electron chi connectivity index (χ3n) is 2.07. The predicted octanol–water partition coefficient (Wildman–Crippen LogP) is 2.97. The predicted molar refractivity (Wildman–Crippen MR) is 61.0 cm³/mol. The standard InChI is InChI=1S/C11H8F3NO3S/c1-17-9-6(10(16)18-2)3-4-8(7(9)5-15)19-11(12,13)14/h3-4H,1-2H3.